The molecule has 0 heterocycles. The van der Waals surface area contributed by atoms with E-state index >= 15 is 0 Å². The van der Waals surface area contributed by atoms with E-state index in [0.29, 0.717) is 18.9 Å². The van der Waals surface area contributed by atoms with Crippen LogP contribution in [0.2, 0.25) is 0 Å². The van der Waals surface area contributed by atoms with Gasteiger partial charge in [0.1, 0.15) is 6.61 Å². The number of hydrogen-bond acceptors (Lipinski definition) is 3. The van der Waals surface area contributed by atoms with E-state index in [0.717, 1.165) is 5.56 Å². The van der Waals surface area contributed by atoms with Crippen LogP contribution in [0.5, 0.6) is 0 Å². The molecule has 0 saturated heterocycles. The van der Waals surface area contributed by atoms with Crippen molar-refractivity contribution >= 4 is 17.9 Å². The van der Waals surface area contributed by atoms with Gasteiger partial charge in [-0.2, -0.15) is 5.10 Å². The first-order valence-electron chi connectivity index (χ1n) is 7.08. The smallest absolute Gasteiger partial charge is 0.339 e. The van der Waals surface area contributed by atoms with Crippen LogP contribution in [0.3, 0.4) is 0 Å². The average molecular weight is 307 g/mol. The van der Waals surface area contributed by atoms with Crippen molar-refractivity contribution in [2.45, 2.75) is 6.61 Å². The van der Waals surface area contributed by atoms with Crippen LogP contribution < -0.4 is 10.7 Å². The lowest BCUT2D eigenvalue weighted by molar-refractivity contribution is 0.153. The van der Waals surface area contributed by atoms with Crippen LogP contribution in [-0.4, -0.2) is 18.9 Å². The minimum Gasteiger partial charge on any atom is -0.364 e. The van der Waals surface area contributed by atoms with Gasteiger partial charge in [-0.1, -0.05) is 60.4 Å². The van der Waals surface area contributed by atoms with Crippen LogP contribution in [0.25, 0.3) is 0 Å². The van der Waals surface area contributed by atoms with Crippen molar-refractivity contribution in [1.82, 2.24) is 5.43 Å². The molecule has 0 aliphatic carbocycles. The minimum absolute atomic E-state index is 0.303. The minimum atomic E-state index is -0.422. The Hall–Kier alpha value is -3.10. The van der Waals surface area contributed by atoms with Crippen molar-refractivity contribution in [3.8, 4) is 11.8 Å². The number of hydrazone groups is 1. The number of para-hydroxylation sites is 1. The number of urea groups is 1. The highest BCUT2D eigenvalue weighted by atomic mass is 16.5. The van der Waals surface area contributed by atoms with Crippen molar-refractivity contribution in [3.05, 3.63) is 66.2 Å². The molecule has 0 aliphatic rings. The summed E-state index contributed by atoms with van der Waals surface area (Å²) in [5.41, 5.74) is 4.12. The van der Waals surface area contributed by atoms with Gasteiger partial charge < -0.3 is 10.1 Å². The lowest BCUT2D eigenvalue weighted by atomic mass is 10.2. The Bertz CT molecular complexity index is 688. The van der Waals surface area contributed by atoms with Gasteiger partial charge >= 0.3 is 6.03 Å². The summed E-state index contributed by atoms with van der Waals surface area (Å²) in [5.74, 6) is 5.47. The largest absolute Gasteiger partial charge is 0.364 e. The fourth-order valence-electron chi connectivity index (χ4n) is 1.69. The molecule has 0 unspecified atom stereocenters. The van der Waals surface area contributed by atoms with E-state index in [1.807, 2.05) is 48.5 Å². The van der Waals surface area contributed by atoms with Gasteiger partial charge in [0.05, 0.1) is 12.8 Å². The van der Waals surface area contributed by atoms with Gasteiger partial charge in [0.25, 0.3) is 0 Å². The number of amides is 2. The van der Waals surface area contributed by atoms with E-state index in [2.05, 4.69) is 27.7 Å². The van der Waals surface area contributed by atoms with Crippen molar-refractivity contribution in [2.24, 2.45) is 5.10 Å². The molecule has 5 heteroatoms. The summed E-state index contributed by atoms with van der Waals surface area (Å²) in [7, 11) is 0. The molecule has 2 rings (SSSR count). The zero-order chi connectivity index (χ0) is 16.2. The molecule has 0 saturated carbocycles. The van der Waals surface area contributed by atoms with Crippen molar-refractivity contribution < 1.29 is 9.53 Å². The summed E-state index contributed by atoms with van der Waals surface area (Å²) in [6.07, 6.45) is 1.32. The molecule has 0 aromatic heterocycles. The third-order valence-electron chi connectivity index (χ3n) is 2.71. The quantitative estimate of drug-likeness (QED) is 0.386. The highest BCUT2D eigenvalue weighted by molar-refractivity contribution is 5.90. The molecule has 2 aromatic rings. The van der Waals surface area contributed by atoms with Gasteiger partial charge in [0.2, 0.25) is 0 Å². The Balaban J connectivity index is 1.60. The number of nitrogens with one attached hydrogen (secondary N) is 2. The number of carbonyl (C=O) groups is 1. The number of anilines is 1. The number of rotatable bonds is 5. The third-order valence-corrected chi connectivity index (χ3v) is 2.71. The molecule has 5 nitrogen and oxygen atoms in total. The molecule has 0 bridgehead atoms. The molecule has 116 valence electrons. The summed E-state index contributed by atoms with van der Waals surface area (Å²) in [4.78, 5) is 11.5. The topological polar surface area (TPSA) is 62.7 Å². The van der Waals surface area contributed by atoms with Gasteiger partial charge in [-0.3, -0.25) is 0 Å². The zero-order valence-corrected chi connectivity index (χ0v) is 12.5. The first kappa shape index (κ1) is 16.3. The second-order valence-corrected chi connectivity index (χ2v) is 4.49. The highest BCUT2D eigenvalue weighted by Gasteiger charge is 1.97. The van der Waals surface area contributed by atoms with Crippen LogP contribution in [0.1, 0.15) is 5.56 Å². The Morgan fingerprint density at radius 1 is 1.09 bits per heavy atom. The summed E-state index contributed by atoms with van der Waals surface area (Å²) >= 11 is 0. The first-order valence-corrected chi connectivity index (χ1v) is 7.08. The lowest BCUT2D eigenvalue weighted by Crippen LogP contribution is -2.23. The van der Waals surface area contributed by atoms with Crippen LogP contribution >= 0.6 is 0 Å². The number of hydrogen-bond donors (Lipinski definition) is 2. The molecule has 2 N–H and O–H groups in total. The van der Waals surface area contributed by atoms with Crippen molar-refractivity contribution in [3.63, 3.8) is 0 Å². The fraction of sp³-hybridized carbons (Fsp3) is 0.111. The lowest BCUT2D eigenvalue weighted by Gasteiger charge is -2.02. The van der Waals surface area contributed by atoms with E-state index in [9.17, 15) is 4.79 Å². The first-order chi connectivity index (χ1) is 11.3. The second kappa shape index (κ2) is 9.77. The van der Waals surface area contributed by atoms with Gasteiger partial charge in [-0.15, -0.1) is 0 Å². The molecule has 0 fully saturated rings. The van der Waals surface area contributed by atoms with E-state index in [-0.39, 0.29) is 0 Å². The standard InChI is InChI=1S/C18H17N3O2/c22-18(20-17-11-5-2-6-12-17)21-19-13-7-8-14-23-15-16-9-3-1-4-10-16/h1-6,9-13H,14-15H2,(H2,20,21,22)/b19-13+. The molecule has 2 aromatic carbocycles. The molecular formula is C18H17N3O2. The summed E-state index contributed by atoms with van der Waals surface area (Å²) in [5, 5.41) is 6.34. The van der Waals surface area contributed by atoms with Crippen LogP contribution in [-0.2, 0) is 11.3 Å². The van der Waals surface area contributed by atoms with E-state index < -0.39 is 6.03 Å². The Morgan fingerprint density at radius 2 is 1.78 bits per heavy atom. The summed E-state index contributed by atoms with van der Waals surface area (Å²) in [6.45, 7) is 0.821. The molecule has 0 atom stereocenters. The second-order valence-electron chi connectivity index (χ2n) is 4.49. The van der Waals surface area contributed by atoms with E-state index in [1.165, 1.54) is 6.21 Å². The van der Waals surface area contributed by atoms with E-state index in [4.69, 9.17) is 4.74 Å². The maximum Gasteiger partial charge on any atom is 0.339 e. The predicted octanol–water partition coefficient (Wildman–Crippen LogP) is 3.01. The predicted molar refractivity (Wildman–Crippen MR) is 91.0 cm³/mol. The maximum absolute atomic E-state index is 11.5. The SMILES string of the molecule is O=C(N/N=C/C#CCOCc1ccccc1)Nc1ccccc1. The Labute approximate surface area is 135 Å². The monoisotopic (exact) mass is 307 g/mol. The average Bonchev–Trinajstić information content (AvgIpc) is 2.59. The normalized spacial score (nSPS) is 9.91. The maximum atomic E-state index is 11.5. The molecule has 0 spiro atoms. The third kappa shape index (κ3) is 6.93. The van der Waals surface area contributed by atoms with Crippen LogP contribution in [0, 0.1) is 11.8 Å². The van der Waals surface area contributed by atoms with E-state index in [1.54, 1.807) is 12.1 Å². The summed E-state index contributed by atoms with van der Waals surface area (Å²) in [6, 6.07) is 18.5. The van der Waals surface area contributed by atoms with Crippen molar-refractivity contribution in [2.75, 3.05) is 11.9 Å². The van der Waals surface area contributed by atoms with Gasteiger partial charge in [0, 0.05) is 5.69 Å². The number of benzene rings is 2. The molecule has 23 heavy (non-hydrogen) atoms. The number of nitrogens with zero attached hydrogens (tertiary/aromatic N) is 1. The zero-order valence-electron chi connectivity index (χ0n) is 12.5. The van der Waals surface area contributed by atoms with Crippen LogP contribution in [0.4, 0.5) is 10.5 Å². The number of carbonyl (C=O) groups excluding carboxylic acids is 1. The summed E-state index contributed by atoms with van der Waals surface area (Å²) < 4.78 is 5.39. The Kier molecular flexibility index (Phi) is 6.91. The van der Waals surface area contributed by atoms with Crippen molar-refractivity contribution in [1.29, 1.82) is 0 Å². The Morgan fingerprint density at radius 3 is 2.52 bits per heavy atom. The molecule has 0 radical (unpaired) electrons. The van der Waals surface area contributed by atoms with Gasteiger partial charge in [-0.25, -0.2) is 10.2 Å². The van der Waals surface area contributed by atoms with Gasteiger partial charge in [-0.05, 0) is 17.7 Å². The highest BCUT2D eigenvalue weighted by Crippen LogP contribution is 2.03. The molecule has 2 amide bonds. The molecule has 0 aliphatic heterocycles. The fourth-order valence-corrected chi connectivity index (χ4v) is 1.69. The van der Waals surface area contributed by atoms with Crippen LogP contribution in [0.15, 0.2) is 65.8 Å². The van der Waals surface area contributed by atoms with Gasteiger partial charge in [0.15, 0.2) is 0 Å². The molecular weight excluding hydrogens is 290 g/mol. The number of ether oxygens (including phenoxy) is 1.